The number of likely N-dealkylation sites (tertiary alicyclic amines) is 1. The van der Waals surface area contributed by atoms with Crippen LogP contribution in [0.4, 0.5) is 0 Å². The summed E-state index contributed by atoms with van der Waals surface area (Å²) in [4.78, 5) is 6.38. The molecule has 4 aromatic rings. The van der Waals surface area contributed by atoms with Gasteiger partial charge in [-0.05, 0) is 59.5 Å². The molecule has 0 radical (unpaired) electrons. The van der Waals surface area contributed by atoms with Gasteiger partial charge in [-0.25, -0.2) is 0 Å². The number of nitrogens with zero attached hydrogens (tertiary/aromatic N) is 3. The van der Waals surface area contributed by atoms with E-state index >= 15 is 0 Å². The number of fused-ring (bicyclic) bond motifs is 1. The minimum absolute atomic E-state index is 0. The fraction of sp³-hybridized carbons (Fsp3) is 0.208. The molecule has 0 aliphatic carbocycles. The van der Waals surface area contributed by atoms with Crippen LogP contribution < -0.4 is 10.5 Å². The van der Waals surface area contributed by atoms with E-state index in [4.69, 9.17) is 32.0 Å². The Kier molecular flexibility index (Phi) is 6.72. The zero-order valence-electron chi connectivity index (χ0n) is 17.7. The number of guanidine groups is 1. The van der Waals surface area contributed by atoms with Crippen molar-refractivity contribution >= 4 is 40.7 Å². The zero-order valence-corrected chi connectivity index (χ0v) is 19.3. The molecule has 1 aliphatic heterocycles. The van der Waals surface area contributed by atoms with Gasteiger partial charge in [0.25, 0.3) is 0 Å². The van der Waals surface area contributed by atoms with Crippen molar-refractivity contribution in [3.8, 4) is 17.1 Å². The van der Waals surface area contributed by atoms with Crippen molar-refractivity contribution in [2.45, 2.75) is 25.5 Å². The first-order chi connectivity index (χ1) is 15.6. The Bertz CT molecular complexity index is 1290. The third-order valence-corrected chi connectivity index (χ3v) is 5.89. The molecule has 3 aromatic carbocycles. The van der Waals surface area contributed by atoms with Crippen LogP contribution in [0.25, 0.3) is 22.2 Å². The average Bonchev–Trinajstić information content (AvgIpc) is 3.47. The van der Waals surface area contributed by atoms with Crippen LogP contribution in [0.2, 0.25) is 5.02 Å². The van der Waals surface area contributed by atoms with Crippen LogP contribution in [0, 0.1) is 5.41 Å². The lowest BCUT2D eigenvalue weighted by atomic mass is 10.1. The van der Waals surface area contributed by atoms with Crippen LogP contribution in [0.5, 0.6) is 5.75 Å². The molecule has 3 N–H and O–H groups in total. The van der Waals surface area contributed by atoms with Gasteiger partial charge in [-0.1, -0.05) is 47.1 Å². The lowest BCUT2D eigenvalue weighted by molar-refractivity contribution is 0.283. The molecular formula is C24H23Cl2N5O2. The Hall–Kier alpha value is -3.29. The summed E-state index contributed by atoms with van der Waals surface area (Å²) in [5.74, 6) is 1.85. The number of rotatable bonds is 5. The van der Waals surface area contributed by atoms with Crippen LogP contribution in [-0.4, -0.2) is 27.5 Å². The van der Waals surface area contributed by atoms with Gasteiger partial charge in [0.05, 0.1) is 0 Å². The molecule has 1 unspecified atom stereocenters. The number of hydrogen-bond donors (Lipinski definition) is 2. The molecular weight excluding hydrogens is 461 g/mol. The van der Waals surface area contributed by atoms with E-state index in [1.54, 1.807) is 4.90 Å². The molecule has 1 fully saturated rings. The molecule has 9 heteroatoms. The summed E-state index contributed by atoms with van der Waals surface area (Å²) in [6.07, 6.45) is 1.79. The Morgan fingerprint density at radius 1 is 1.15 bits per heavy atom. The number of nitrogens with two attached hydrogens (primary N) is 1. The number of nitrogens with one attached hydrogen (secondary N) is 1. The lowest BCUT2D eigenvalue weighted by Gasteiger charge is -2.21. The third kappa shape index (κ3) is 4.89. The Morgan fingerprint density at radius 3 is 2.79 bits per heavy atom. The highest BCUT2D eigenvalue weighted by Crippen LogP contribution is 2.32. The predicted molar refractivity (Wildman–Crippen MR) is 131 cm³/mol. The van der Waals surface area contributed by atoms with Crippen molar-refractivity contribution in [2.24, 2.45) is 5.73 Å². The van der Waals surface area contributed by atoms with E-state index in [1.807, 2.05) is 60.7 Å². The summed E-state index contributed by atoms with van der Waals surface area (Å²) in [6.45, 7) is 1.18. The SMILES string of the molecule is Cl.N=C(N)N1CCCC1c1nc(-c2ccc3cc(OCc4cccc(Cl)c4)ccc3c2)no1. The van der Waals surface area contributed by atoms with Crippen LogP contribution in [0.3, 0.4) is 0 Å². The number of hydrogen-bond acceptors (Lipinski definition) is 5. The van der Waals surface area contributed by atoms with Crippen molar-refractivity contribution in [1.82, 2.24) is 15.0 Å². The van der Waals surface area contributed by atoms with Gasteiger partial charge in [-0.15, -0.1) is 12.4 Å². The molecule has 2 heterocycles. The smallest absolute Gasteiger partial charge is 0.249 e. The van der Waals surface area contributed by atoms with E-state index in [0.717, 1.165) is 47.0 Å². The standard InChI is InChI=1S/C24H22ClN5O2.ClH/c25-19-4-1-3-15(11-19)14-31-20-9-8-16-12-18(7-6-17(16)13-20)22-28-23(32-29-22)21-5-2-10-30(21)24(26)27;/h1,3-4,6-9,11-13,21H,2,5,10,14H2,(H3,26,27);1H. The second-order valence-electron chi connectivity index (χ2n) is 7.84. The first-order valence-corrected chi connectivity index (χ1v) is 10.8. The summed E-state index contributed by atoms with van der Waals surface area (Å²) in [6, 6.07) is 19.5. The molecule has 170 valence electrons. The first kappa shape index (κ1) is 22.9. The van der Waals surface area contributed by atoms with E-state index < -0.39 is 0 Å². The van der Waals surface area contributed by atoms with Gasteiger partial charge in [0.15, 0.2) is 5.96 Å². The monoisotopic (exact) mass is 483 g/mol. The van der Waals surface area contributed by atoms with Gasteiger partial charge in [-0.3, -0.25) is 5.41 Å². The lowest BCUT2D eigenvalue weighted by Crippen LogP contribution is -2.35. The average molecular weight is 484 g/mol. The van der Waals surface area contributed by atoms with Gasteiger partial charge < -0.3 is 19.9 Å². The zero-order chi connectivity index (χ0) is 22.1. The molecule has 0 spiro atoms. The van der Waals surface area contributed by atoms with Crippen molar-refractivity contribution in [1.29, 1.82) is 5.41 Å². The molecule has 7 nitrogen and oxygen atoms in total. The minimum atomic E-state index is -0.131. The quantitative estimate of drug-likeness (QED) is 0.284. The maximum Gasteiger partial charge on any atom is 0.249 e. The molecule has 0 amide bonds. The van der Waals surface area contributed by atoms with Gasteiger partial charge in [0.1, 0.15) is 18.4 Å². The highest BCUT2D eigenvalue weighted by Gasteiger charge is 2.31. The molecule has 1 aliphatic rings. The fourth-order valence-corrected chi connectivity index (χ4v) is 4.26. The highest BCUT2D eigenvalue weighted by atomic mass is 35.5. The van der Waals surface area contributed by atoms with Crippen LogP contribution >= 0.6 is 24.0 Å². The van der Waals surface area contributed by atoms with Gasteiger partial charge >= 0.3 is 0 Å². The molecule has 1 saturated heterocycles. The maximum atomic E-state index is 7.74. The topological polar surface area (TPSA) is 101 Å². The second-order valence-corrected chi connectivity index (χ2v) is 8.27. The van der Waals surface area contributed by atoms with Gasteiger partial charge in [-0.2, -0.15) is 4.98 Å². The Labute approximate surface area is 202 Å². The molecule has 5 rings (SSSR count). The van der Waals surface area contributed by atoms with Crippen molar-refractivity contribution < 1.29 is 9.26 Å². The van der Waals surface area contributed by atoms with Gasteiger partial charge in [0.2, 0.25) is 11.7 Å². The summed E-state index contributed by atoms with van der Waals surface area (Å²) in [7, 11) is 0. The van der Waals surface area contributed by atoms with Crippen molar-refractivity contribution in [3.63, 3.8) is 0 Å². The summed E-state index contributed by atoms with van der Waals surface area (Å²) in [5.41, 5.74) is 7.57. The van der Waals surface area contributed by atoms with E-state index in [1.165, 1.54) is 0 Å². The van der Waals surface area contributed by atoms with E-state index in [0.29, 0.717) is 23.3 Å². The first-order valence-electron chi connectivity index (χ1n) is 10.4. The van der Waals surface area contributed by atoms with Crippen molar-refractivity contribution in [2.75, 3.05) is 6.54 Å². The molecule has 33 heavy (non-hydrogen) atoms. The fourth-order valence-electron chi connectivity index (χ4n) is 4.05. The van der Waals surface area contributed by atoms with Crippen LogP contribution in [0.15, 0.2) is 65.2 Å². The Balaban J connectivity index is 0.00000259. The minimum Gasteiger partial charge on any atom is -0.489 e. The molecule has 0 saturated carbocycles. The van der Waals surface area contributed by atoms with E-state index in [2.05, 4.69) is 10.1 Å². The Morgan fingerprint density at radius 2 is 1.97 bits per heavy atom. The number of ether oxygens (including phenoxy) is 1. The number of benzene rings is 3. The summed E-state index contributed by atoms with van der Waals surface area (Å²) in [5, 5.41) is 14.7. The maximum absolute atomic E-state index is 7.74. The summed E-state index contributed by atoms with van der Waals surface area (Å²) < 4.78 is 11.4. The van der Waals surface area contributed by atoms with Crippen LogP contribution in [0.1, 0.15) is 30.3 Å². The normalized spacial score (nSPS) is 15.4. The number of aromatic nitrogens is 2. The van der Waals surface area contributed by atoms with E-state index in [9.17, 15) is 0 Å². The highest BCUT2D eigenvalue weighted by molar-refractivity contribution is 6.30. The van der Waals surface area contributed by atoms with Gasteiger partial charge in [0, 0.05) is 17.1 Å². The van der Waals surface area contributed by atoms with E-state index in [-0.39, 0.29) is 24.4 Å². The summed E-state index contributed by atoms with van der Waals surface area (Å²) >= 11 is 6.04. The molecule has 0 bridgehead atoms. The molecule has 1 aromatic heterocycles. The molecule has 1 atom stereocenters. The van der Waals surface area contributed by atoms with Crippen molar-refractivity contribution in [3.05, 3.63) is 77.1 Å². The number of halogens is 2. The second kappa shape index (κ2) is 9.68. The largest absolute Gasteiger partial charge is 0.489 e. The third-order valence-electron chi connectivity index (χ3n) is 5.65. The van der Waals surface area contributed by atoms with Crippen LogP contribution in [-0.2, 0) is 6.61 Å². The predicted octanol–water partition coefficient (Wildman–Crippen LogP) is 5.57.